The quantitative estimate of drug-likeness (QED) is 0.811. The molecule has 0 spiro atoms. The first-order valence-corrected chi connectivity index (χ1v) is 8.64. The molecule has 2 aromatic rings. The van der Waals surface area contributed by atoms with Crippen molar-refractivity contribution in [3.05, 3.63) is 40.9 Å². The predicted molar refractivity (Wildman–Crippen MR) is 95.0 cm³/mol. The number of aromatic nitrogens is 2. The molecule has 2 aromatic heterocycles. The number of ether oxygens (including phenoxy) is 2. The molecular formula is C18H24N4O4. The van der Waals surface area contributed by atoms with Crippen molar-refractivity contribution in [2.24, 2.45) is 0 Å². The molecule has 0 bridgehead atoms. The van der Waals surface area contributed by atoms with Crippen molar-refractivity contribution < 1.29 is 18.8 Å². The van der Waals surface area contributed by atoms with Gasteiger partial charge in [-0.1, -0.05) is 5.16 Å². The molecular weight excluding hydrogens is 336 g/mol. The van der Waals surface area contributed by atoms with Crippen LogP contribution in [0.15, 0.2) is 22.9 Å². The number of nitrogens with one attached hydrogen (secondary N) is 2. The van der Waals surface area contributed by atoms with Gasteiger partial charge in [-0.3, -0.25) is 4.79 Å². The van der Waals surface area contributed by atoms with Gasteiger partial charge in [-0.25, -0.2) is 4.98 Å². The number of rotatable bonds is 6. The van der Waals surface area contributed by atoms with Crippen LogP contribution in [0.5, 0.6) is 0 Å². The second-order valence-electron chi connectivity index (χ2n) is 6.28. The van der Waals surface area contributed by atoms with E-state index in [1.165, 1.54) is 0 Å². The van der Waals surface area contributed by atoms with Crippen molar-refractivity contribution in [2.75, 3.05) is 25.6 Å². The van der Waals surface area contributed by atoms with Gasteiger partial charge in [0.2, 0.25) is 0 Å². The van der Waals surface area contributed by atoms with Gasteiger partial charge < -0.3 is 24.6 Å². The number of carbonyl (C=O) groups excluding carboxylic acids is 1. The van der Waals surface area contributed by atoms with E-state index in [-0.39, 0.29) is 18.1 Å². The molecule has 1 amide bonds. The smallest absolute Gasteiger partial charge is 0.251 e. The first-order valence-electron chi connectivity index (χ1n) is 8.64. The standard InChI is InChI=1S/C18H24N4O4/c1-11-14(12(2)26-22-11)9-25-16-5-7-24-10-15(16)21-18(23)13-4-6-20-17(8-13)19-3/h4,6,8,15-16H,5,7,9-10H2,1-3H3,(H,19,20)(H,21,23)/t15-,16+/m1/s1. The Morgan fingerprint density at radius 1 is 1.42 bits per heavy atom. The predicted octanol–water partition coefficient (Wildman–Crippen LogP) is 1.83. The zero-order valence-electron chi connectivity index (χ0n) is 15.2. The van der Waals surface area contributed by atoms with Crippen LogP contribution in [0.1, 0.15) is 33.8 Å². The van der Waals surface area contributed by atoms with Crippen LogP contribution in [0, 0.1) is 13.8 Å². The maximum atomic E-state index is 12.6. The first kappa shape index (κ1) is 18.3. The molecule has 1 fully saturated rings. The Kier molecular flexibility index (Phi) is 5.85. The van der Waals surface area contributed by atoms with Crippen LogP contribution in [0.2, 0.25) is 0 Å². The Balaban J connectivity index is 1.64. The molecule has 3 rings (SSSR count). The average Bonchev–Trinajstić information content (AvgIpc) is 2.99. The Hall–Kier alpha value is -2.45. The van der Waals surface area contributed by atoms with Crippen LogP contribution in [0.3, 0.4) is 0 Å². The summed E-state index contributed by atoms with van der Waals surface area (Å²) in [6, 6.07) is 3.17. The van der Waals surface area contributed by atoms with Crippen LogP contribution in [-0.4, -0.2) is 48.5 Å². The number of hydrogen-bond acceptors (Lipinski definition) is 7. The minimum Gasteiger partial charge on any atom is -0.379 e. The highest BCUT2D eigenvalue weighted by Crippen LogP contribution is 2.19. The fraction of sp³-hybridized carbons (Fsp3) is 0.500. The van der Waals surface area contributed by atoms with E-state index in [2.05, 4.69) is 20.8 Å². The SMILES string of the molecule is CNc1cc(C(=O)N[C@@H]2COCC[C@@H]2OCc2c(C)noc2C)ccn1. The lowest BCUT2D eigenvalue weighted by Gasteiger charge is -2.32. The lowest BCUT2D eigenvalue weighted by Crippen LogP contribution is -2.50. The second kappa shape index (κ2) is 8.29. The highest BCUT2D eigenvalue weighted by Gasteiger charge is 2.29. The molecule has 0 unspecified atom stereocenters. The van der Waals surface area contributed by atoms with Crippen LogP contribution >= 0.6 is 0 Å². The zero-order chi connectivity index (χ0) is 18.5. The van der Waals surface area contributed by atoms with Crippen LogP contribution < -0.4 is 10.6 Å². The number of hydrogen-bond donors (Lipinski definition) is 2. The Morgan fingerprint density at radius 3 is 3.00 bits per heavy atom. The summed E-state index contributed by atoms with van der Waals surface area (Å²) in [6.07, 6.45) is 2.18. The van der Waals surface area contributed by atoms with Crippen molar-refractivity contribution in [3.63, 3.8) is 0 Å². The monoisotopic (exact) mass is 360 g/mol. The average molecular weight is 360 g/mol. The normalized spacial score (nSPS) is 20.0. The molecule has 3 heterocycles. The minimum absolute atomic E-state index is 0.132. The van der Waals surface area contributed by atoms with E-state index in [0.717, 1.165) is 17.0 Å². The van der Waals surface area contributed by atoms with E-state index in [9.17, 15) is 4.79 Å². The molecule has 0 aromatic carbocycles. The maximum Gasteiger partial charge on any atom is 0.251 e. The minimum atomic E-state index is -0.220. The molecule has 1 aliphatic rings. The van der Waals surface area contributed by atoms with Crippen molar-refractivity contribution in [3.8, 4) is 0 Å². The molecule has 8 heteroatoms. The highest BCUT2D eigenvalue weighted by atomic mass is 16.5. The van der Waals surface area contributed by atoms with Crippen molar-refractivity contribution in [1.82, 2.24) is 15.5 Å². The van der Waals surface area contributed by atoms with Gasteiger partial charge in [-0.2, -0.15) is 0 Å². The largest absolute Gasteiger partial charge is 0.379 e. The summed E-state index contributed by atoms with van der Waals surface area (Å²) >= 11 is 0. The third kappa shape index (κ3) is 4.20. The Bertz CT molecular complexity index is 742. The molecule has 8 nitrogen and oxygen atoms in total. The molecule has 1 saturated heterocycles. The summed E-state index contributed by atoms with van der Waals surface area (Å²) in [5.74, 6) is 1.22. The molecule has 0 radical (unpaired) electrons. The van der Waals surface area contributed by atoms with Gasteiger partial charge in [-0.05, 0) is 32.4 Å². The third-order valence-electron chi connectivity index (χ3n) is 4.51. The summed E-state index contributed by atoms with van der Waals surface area (Å²) in [6.45, 7) is 5.18. The first-order chi connectivity index (χ1) is 12.6. The van der Waals surface area contributed by atoms with Crippen LogP contribution in [0.25, 0.3) is 0 Å². The number of nitrogens with zero attached hydrogens (tertiary/aromatic N) is 2. The molecule has 1 aliphatic heterocycles. The summed E-state index contributed by atoms with van der Waals surface area (Å²) in [4.78, 5) is 16.7. The van der Waals surface area contributed by atoms with E-state index in [1.54, 1.807) is 25.4 Å². The molecule has 2 N–H and O–H groups in total. The summed E-state index contributed by atoms with van der Waals surface area (Å²) in [5.41, 5.74) is 2.32. The topological polar surface area (TPSA) is 98.5 Å². The number of pyridine rings is 1. The van der Waals surface area contributed by atoms with Gasteiger partial charge in [0.05, 0.1) is 31.1 Å². The zero-order valence-corrected chi connectivity index (χ0v) is 15.2. The molecule has 140 valence electrons. The highest BCUT2D eigenvalue weighted by molar-refractivity contribution is 5.95. The van der Waals surface area contributed by atoms with Crippen molar-refractivity contribution >= 4 is 11.7 Å². The van der Waals surface area contributed by atoms with Crippen LogP contribution in [0.4, 0.5) is 5.82 Å². The van der Waals surface area contributed by atoms with E-state index in [4.69, 9.17) is 14.0 Å². The van der Waals surface area contributed by atoms with Gasteiger partial charge in [0.25, 0.3) is 5.91 Å². The second-order valence-corrected chi connectivity index (χ2v) is 6.28. The van der Waals surface area contributed by atoms with Gasteiger partial charge in [0.1, 0.15) is 11.6 Å². The summed E-state index contributed by atoms with van der Waals surface area (Å²) in [5, 5.41) is 9.88. The van der Waals surface area contributed by atoms with Crippen molar-refractivity contribution in [2.45, 2.75) is 39.0 Å². The van der Waals surface area contributed by atoms with E-state index < -0.39 is 0 Å². The fourth-order valence-electron chi connectivity index (χ4n) is 2.91. The molecule has 26 heavy (non-hydrogen) atoms. The molecule has 2 atom stereocenters. The number of aryl methyl sites for hydroxylation is 2. The fourth-order valence-corrected chi connectivity index (χ4v) is 2.91. The number of carbonyl (C=O) groups is 1. The van der Waals surface area contributed by atoms with Crippen LogP contribution in [-0.2, 0) is 16.1 Å². The summed E-state index contributed by atoms with van der Waals surface area (Å²) in [7, 11) is 1.76. The maximum absolute atomic E-state index is 12.6. The van der Waals surface area contributed by atoms with Gasteiger partial charge in [0.15, 0.2) is 0 Å². The summed E-state index contributed by atoms with van der Waals surface area (Å²) < 4.78 is 16.8. The molecule has 0 aliphatic carbocycles. The van der Waals surface area contributed by atoms with E-state index in [1.807, 2.05) is 13.8 Å². The third-order valence-corrected chi connectivity index (χ3v) is 4.51. The Labute approximate surface area is 152 Å². The lowest BCUT2D eigenvalue weighted by atomic mass is 10.1. The van der Waals surface area contributed by atoms with Gasteiger partial charge >= 0.3 is 0 Å². The lowest BCUT2D eigenvalue weighted by molar-refractivity contribution is -0.0608. The van der Waals surface area contributed by atoms with E-state index >= 15 is 0 Å². The number of amides is 1. The van der Waals surface area contributed by atoms with Crippen molar-refractivity contribution in [1.29, 1.82) is 0 Å². The van der Waals surface area contributed by atoms with Gasteiger partial charge in [0, 0.05) is 31.0 Å². The number of anilines is 1. The van der Waals surface area contributed by atoms with Gasteiger partial charge in [-0.15, -0.1) is 0 Å². The van der Waals surface area contributed by atoms with E-state index in [0.29, 0.717) is 37.6 Å². The Morgan fingerprint density at radius 2 is 2.27 bits per heavy atom. The molecule has 0 saturated carbocycles.